The number of carbonyl (C=O) groups excluding carboxylic acids is 1. The molecule has 1 unspecified atom stereocenters. The minimum atomic E-state index is -0.537. The first-order valence-corrected chi connectivity index (χ1v) is 5.24. The van der Waals surface area contributed by atoms with Gasteiger partial charge < -0.3 is 10.4 Å². The molecule has 0 aliphatic heterocycles. The summed E-state index contributed by atoms with van der Waals surface area (Å²) in [5, 5.41) is 12.2. The Kier molecular flexibility index (Phi) is 5.13. The summed E-state index contributed by atoms with van der Waals surface area (Å²) >= 11 is 0. The second kappa shape index (κ2) is 5.35. The molecule has 14 heavy (non-hydrogen) atoms. The molecule has 0 spiro atoms. The molecule has 1 atom stereocenters. The summed E-state index contributed by atoms with van der Waals surface area (Å²) in [7, 11) is 0. The first kappa shape index (κ1) is 13.4. The van der Waals surface area contributed by atoms with E-state index in [4.69, 9.17) is 0 Å². The normalized spacial score (nSPS) is 14.2. The number of aliphatic hydroxyl groups is 1. The van der Waals surface area contributed by atoms with Gasteiger partial charge in [0, 0.05) is 6.42 Å². The van der Waals surface area contributed by atoms with Crippen molar-refractivity contribution >= 4 is 5.91 Å². The fourth-order valence-electron chi connectivity index (χ4n) is 0.946. The Hall–Kier alpha value is -0.570. The first-order chi connectivity index (χ1) is 6.25. The van der Waals surface area contributed by atoms with Gasteiger partial charge in [0.25, 0.3) is 0 Å². The Morgan fingerprint density at radius 3 is 2.21 bits per heavy atom. The van der Waals surface area contributed by atoms with Crippen LogP contribution in [0.5, 0.6) is 0 Å². The quantitative estimate of drug-likeness (QED) is 0.711. The summed E-state index contributed by atoms with van der Waals surface area (Å²) in [6.07, 6.45) is 0.890. The van der Waals surface area contributed by atoms with Crippen molar-refractivity contribution in [3.05, 3.63) is 0 Å². The smallest absolute Gasteiger partial charge is 0.220 e. The van der Waals surface area contributed by atoms with E-state index < -0.39 is 11.6 Å². The van der Waals surface area contributed by atoms with Gasteiger partial charge in [0.1, 0.15) is 0 Å². The van der Waals surface area contributed by atoms with Crippen LogP contribution in [-0.4, -0.2) is 22.7 Å². The van der Waals surface area contributed by atoms with Gasteiger partial charge in [-0.2, -0.15) is 0 Å². The molecule has 0 saturated carbocycles. The van der Waals surface area contributed by atoms with Crippen LogP contribution in [0.25, 0.3) is 0 Å². The van der Waals surface area contributed by atoms with Crippen molar-refractivity contribution in [3.8, 4) is 0 Å². The average molecular weight is 201 g/mol. The van der Waals surface area contributed by atoms with Crippen molar-refractivity contribution in [2.24, 2.45) is 5.92 Å². The van der Waals surface area contributed by atoms with Gasteiger partial charge in [-0.15, -0.1) is 0 Å². The van der Waals surface area contributed by atoms with Gasteiger partial charge in [-0.05, 0) is 33.1 Å². The maximum Gasteiger partial charge on any atom is 0.220 e. The number of aliphatic hydroxyl groups excluding tert-OH is 1. The molecule has 0 aromatic heterocycles. The summed E-state index contributed by atoms with van der Waals surface area (Å²) in [6, 6.07) is 0. The lowest BCUT2D eigenvalue weighted by molar-refractivity contribution is -0.124. The second-order valence-corrected chi connectivity index (χ2v) is 4.88. The molecule has 2 N–H and O–H groups in total. The molecular formula is C11H23NO2. The molecular weight excluding hydrogens is 178 g/mol. The number of amides is 1. The summed E-state index contributed by atoms with van der Waals surface area (Å²) in [5.74, 6) is 0.556. The van der Waals surface area contributed by atoms with Crippen LogP contribution < -0.4 is 5.32 Å². The van der Waals surface area contributed by atoms with Crippen LogP contribution in [0.15, 0.2) is 0 Å². The molecule has 0 aromatic carbocycles. The Balaban J connectivity index is 3.94. The van der Waals surface area contributed by atoms with E-state index in [0.29, 0.717) is 12.3 Å². The molecule has 0 saturated heterocycles. The summed E-state index contributed by atoms with van der Waals surface area (Å²) in [6.45, 7) is 9.51. The van der Waals surface area contributed by atoms with E-state index in [2.05, 4.69) is 19.2 Å². The van der Waals surface area contributed by atoms with Crippen molar-refractivity contribution < 1.29 is 9.90 Å². The molecule has 0 radical (unpaired) electrons. The predicted molar refractivity (Wildman–Crippen MR) is 58.0 cm³/mol. The molecule has 0 rings (SSSR count). The first-order valence-electron chi connectivity index (χ1n) is 5.24. The number of nitrogens with one attached hydrogen (secondary N) is 1. The van der Waals surface area contributed by atoms with E-state index in [1.54, 1.807) is 6.92 Å². The van der Waals surface area contributed by atoms with Gasteiger partial charge in [-0.25, -0.2) is 0 Å². The topological polar surface area (TPSA) is 49.3 Å². The van der Waals surface area contributed by atoms with Crippen molar-refractivity contribution in [2.75, 3.05) is 0 Å². The Morgan fingerprint density at radius 1 is 1.36 bits per heavy atom. The van der Waals surface area contributed by atoms with E-state index in [1.165, 1.54) is 0 Å². The Morgan fingerprint density at radius 2 is 1.86 bits per heavy atom. The highest BCUT2D eigenvalue weighted by molar-refractivity contribution is 5.76. The third-order valence-corrected chi connectivity index (χ3v) is 2.45. The van der Waals surface area contributed by atoms with Crippen LogP contribution in [-0.2, 0) is 4.79 Å². The number of hydrogen-bond donors (Lipinski definition) is 2. The van der Waals surface area contributed by atoms with Crippen LogP contribution in [0.1, 0.15) is 47.5 Å². The molecule has 3 heteroatoms. The molecule has 84 valence electrons. The monoisotopic (exact) mass is 201 g/mol. The van der Waals surface area contributed by atoms with Gasteiger partial charge in [0.15, 0.2) is 0 Å². The van der Waals surface area contributed by atoms with Crippen LogP contribution in [0.3, 0.4) is 0 Å². The van der Waals surface area contributed by atoms with Crippen molar-refractivity contribution in [3.63, 3.8) is 0 Å². The lowest BCUT2D eigenvalue weighted by atomic mass is 9.98. The standard InChI is InChI=1S/C11H23NO2/c1-8(2)6-7-10(14)12-11(4,5)9(3)13/h8-9,13H,6-7H2,1-5H3,(H,12,14). The van der Waals surface area contributed by atoms with Gasteiger partial charge in [0.2, 0.25) is 5.91 Å². The van der Waals surface area contributed by atoms with Crippen molar-refractivity contribution in [1.29, 1.82) is 0 Å². The number of hydrogen-bond acceptors (Lipinski definition) is 2. The molecule has 0 bridgehead atoms. The fraction of sp³-hybridized carbons (Fsp3) is 0.909. The van der Waals surface area contributed by atoms with E-state index in [0.717, 1.165) is 6.42 Å². The Bertz CT molecular complexity index is 186. The van der Waals surface area contributed by atoms with E-state index in [-0.39, 0.29) is 5.91 Å². The minimum Gasteiger partial charge on any atom is -0.391 e. The maximum atomic E-state index is 11.4. The second-order valence-electron chi connectivity index (χ2n) is 4.88. The van der Waals surface area contributed by atoms with Gasteiger partial charge >= 0.3 is 0 Å². The number of rotatable bonds is 5. The van der Waals surface area contributed by atoms with Crippen LogP contribution in [0.4, 0.5) is 0 Å². The maximum absolute atomic E-state index is 11.4. The molecule has 0 fully saturated rings. The predicted octanol–water partition coefficient (Wildman–Crippen LogP) is 1.70. The molecule has 0 heterocycles. The highest BCUT2D eigenvalue weighted by Crippen LogP contribution is 2.10. The molecule has 0 aromatic rings. The zero-order valence-electron chi connectivity index (χ0n) is 9.92. The molecule has 3 nitrogen and oxygen atoms in total. The molecule has 0 aliphatic carbocycles. The average Bonchev–Trinajstić information content (AvgIpc) is 1.99. The van der Waals surface area contributed by atoms with E-state index in [9.17, 15) is 9.90 Å². The summed E-state index contributed by atoms with van der Waals surface area (Å²) < 4.78 is 0. The van der Waals surface area contributed by atoms with Gasteiger partial charge in [-0.3, -0.25) is 4.79 Å². The largest absolute Gasteiger partial charge is 0.391 e. The lowest BCUT2D eigenvalue weighted by Crippen LogP contribution is -2.50. The lowest BCUT2D eigenvalue weighted by Gasteiger charge is -2.29. The molecule has 1 amide bonds. The summed E-state index contributed by atoms with van der Waals surface area (Å²) in [4.78, 5) is 11.4. The van der Waals surface area contributed by atoms with Crippen molar-refractivity contribution in [2.45, 2.75) is 59.1 Å². The van der Waals surface area contributed by atoms with E-state index >= 15 is 0 Å². The highest BCUT2D eigenvalue weighted by atomic mass is 16.3. The number of carbonyl (C=O) groups is 1. The van der Waals surface area contributed by atoms with E-state index in [1.807, 2.05) is 13.8 Å². The highest BCUT2D eigenvalue weighted by Gasteiger charge is 2.25. The minimum absolute atomic E-state index is 0.0181. The summed E-state index contributed by atoms with van der Waals surface area (Å²) in [5.41, 5.74) is -0.534. The van der Waals surface area contributed by atoms with Gasteiger partial charge in [0.05, 0.1) is 11.6 Å². The fourth-order valence-corrected chi connectivity index (χ4v) is 0.946. The van der Waals surface area contributed by atoms with Crippen LogP contribution in [0, 0.1) is 5.92 Å². The SMILES string of the molecule is CC(C)CCC(=O)NC(C)(C)C(C)O. The molecule has 0 aliphatic rings. The third kappa shape index (κ3) is 5.22. The van der Waals surface area contributed by atoms with Crippen LogP contribution in [0.2, 0.25) is 0 Å². The Labute approximate surface area is 86.9 Å². The van der Waals surface area contributed by atoms with Gasteiger partial charge in [-0.1, -0.05) is 13.8 Å². The zero-order chi connectivity index (χ0) is 11.4. The van der Waals surface area contributed by atoms with Crippen molar-refractivity contribution in [1.82, 2.24) is 5.32 Å². The van der Waals surface area contributed by atoms with Crippen LogP contribution >= 0.6 is 0 Å². The third-order valence-electron chi connectivity index (χ3n) is 2.45. The zero-order valence-corrected chi connectivity index (χ0v) is 9.92.